The first-order chi connectivity index (χ1) is 8.37. The third-order valence-electron chi connectivity index (χ3n) is 2.15. The fourth-order valence-electron chi connectivity index (χ4n) is 1.42. The van der Waals surface area contributed by atoms with Crippen LogP contribution in [0.1, 0.15) is 12.0 Å². The molecule has 4 nitrogen and oxygen atoms in total. The van der Waals surface area contributed by atoms with E-state index in [1.807, 2.05) is 0 Å². The Labute approximate surface area is 112 Å². The normalized spacial score (nSPS) is 11.7. The summed E-state index contributed by atoms with van der Waals surface area (Å²) in [4.78, 5) is 0. The highest BCUT2D eigenvalue weighted by molar-refractivity contribution is 7.88. The van der Waals surface area contributed by atoms with Gasteiger partial charge < -0.3 is 5.32 Å². The van der Waals surface area contributed by atoms with Gasteiger partial charge in [-0.15, -0.1) is 0 Å². The van der Waals surface area contributed by atoms with E-state index in [1.165, 1.54) is 12.1 Å². The summed E-state index contributed by atoms with van der Waals surface area (Å²) in [5.74, 6) is -0.363. The van der Waals surface area contributed by atoms with E-state index < -0.39 is 10.0 Å². The van der Waals surface area contributed by atoms with Gasteiger partial charge in [0, 0.05) is 18.1 Å². The van der Waals surface area contributed by atoms with Crippen LogP contribution in [-0.4, -0.2) is 27.8 Å². The fourth-order valence-corrected chi connectivity index (χ4v) is 2.18. The van der Waals surface area contributed by atoms with E-state index in [9.17, 15) is 12.8 Å². The Morgan fingerprint density at radius 1 is 1.28 bits per heavy atom. The molecule has 0 spiro atoms. The van der Waals surface area contributed by atoms with Gasteiger partial charge in [0.25, 0.3) is 0 Å². The Morgan fingerprint density at radius 2 is 2.00 bits per heavy atom. The van der Waals surface area contributed by atoms with Gasteiger partial charge in [-0.05, 0) is 36.7 Å². The standard InChI is InChI=1S/C11H16ClFN2O2S/c1-18(16,17)15-4-2-3-14-8-9-5-10(12)7-11(13)6-9/h5-7,14-15H,2-4,8H2,1H3. The van der Waals surface area contributed by atoms with Crippen LogP contribution in [0, 0.1) is 5.82 Å². The van der Waals surface area contributed by atoms with Crippen LogP contribution in [0.2, 0.25) is 5.02 Å². The molecular weight excluding hydrogens is 279 g/mol. The molecule has 0 aliphatic heterocycles. The van der Waals surface area contributed by atoms with Crippen molar-refractivity contribution in [3.63, 3.8) is 0 Å². The first-order valence-electron chi connectivity index (χ1n) is 5.47. The zero-order valence-electron chi connectivity index (χ0n) is 10.0. The Hall–Kier alpha value is -0.690. The first-order valence-corrected chi connectivity index (χ1v) is 7.74. The number of halogens is 2. The molecule has 0 amide bonds. The molecule has 0 heterocycles. The summed E-state index contributed by atoms with van der Waals surface area (Å²) in [6, 6.07) is 4.35. The molecule has 7 heteroatoms. The lowest BCUT2D eigenvalue weighted by molar-refractivity contribution is 0.578. The van der Waals surface area contributed by atoms with Crippen LogP contribution in [0.5, 0.6) is 0 Å². The smallest absolute Gasteiger partial charge is 0.208 e. The van der Waals surface area contributed by atoms with Crippen molar-refractivity contribution >= 4 is 21.6 Å². The van der Waals surface area contributed by atoms with E-state index in [2.05, 4.69) is 10.0 Å². The quantitative estimate of drug-likeness (QED) is 0.750. The summed E-state index contributed by atoms with van der Waals surface area (Å²) in [5, 5.41) is 3.45. The molecule has 102 valence electrons. The summed E-state index contributed by atoms with van der Waals surface area (Å²) < 4.78 is 36.9. The van der Waals surface area contributed by atoms with E-state index >= 15 is 0 Å². The number of hydrogen-bond donors (Lipinski definition) is 2. The molecule has 0 saturated carbocycles. The Kier molecular flexibility index (Phi) is 6.01. The maximum atomic E-state index is 13.0. The van der Waals surface area contributed by atoms with E-state index in [1.54, 1.807) is 6.07 Å². The predicted molar refractivity (Wildman–Crippen MR) is 70.6 cm³/mol. The summed E-state index contributed by atoms with van der Waals surface area (Å²) in [5.41, 5.74) is 0.760. The second-order valence-corrected chi connectivity index (χ2v) is 6.24. The number of hydrogen-bond acceptors (Lipinski definition) is 3. The summed E-state index contributed by atoms with van der Waals surface area (Å²) in [6.45, 7) is 1.52. The zero-order chi connectivity index (χ0) is 13.6. The molecule has 18 heavy (non-hydrogen) atoms. The van der Waals surface area contributed by atoms with E-state index in [0.29, 0.717) is 31.1 Å². The van der Waals surface area contributed by atoms with E-state index in [4.69, 9.17) is 11.6 Å². The van der Waals surface area contributed by atoms with Crippen LogP contribution < -0.4 is 10.0 Å². The molecule has 1 rings (SSSR count). The fraction of sp³-hybridized carbons (Fsp3) is 0.455. The number of benzene rings is 1. The van der Waals surface area contributed by atoms with Gasteiger partial charge in [-0.3, -0.25) is 0 Å². The van der Waals surface area contributed by atoms with Crippen molar-refractivity contribution in [1.29, 1.82) is 0 Å². The van der Waals surface area contributed by atoms with Crippen molar-refractivity contribution in [2.45, 2.75) is 13.0 Å². The molecule has 1 aromatic carbocycles. The minimum absolute atomic E-state index is 0.363. The average Bonchev–Trinajstić information content (AvgIpc) is 2.20. The van der Waals surface area contributed by atoms with Gasteiger partial charge in [-0.2, -0.15) is 0 Å². The van der Waals surface area contributed by atoms with E-state index in [-0.39, 0.29) is 5.82 Å². The van der Waals surface area contributed by atoms with Crippen molar-refractivity contribution < 1.29 is 12.8 Å². The Balaban J connectivity index is 2.22. The van der Waals surface area contributed by atoms with Crippen LogP contribution in [0.3, 0.4) is 0 Å². The maximum Gasteiger partial charge on any atom is 0.208 e. The van der Waals surface area contributed by atoms with Crippen molar-refractivity contribution in [2.75, 3.05) is 19.3 Å². The minimum atomic E-state index is -3.12. The highest BCUT2D eigenvalue weighted by atomic mass is 35.5. The lowest BCUT2D eigenvalue weighted by Crippen LogP contribution is -2.26. The first kappa shape index (κ1) is 15.4. The molecule has 0 unspecified atom stereocenters. The summed E-state index contributed by atoms with van der Waals surface area (Å²) in [7, 11) is -3.12. The summed E-state index contributed by atoms with van der Waals surface area (Å²) >= 11 is 5.72. The van der Waals surface area contributed by atoms with Gasteiger partial charge in [0.2, 0.25) is 10.0 Å². The van der Waals surface area contributed by atoms with Gasteiger partial charge >= 0.3 is 0 Å². The van der Waals surface area contributed by atoms with Crippen LogP contribution in [0.25, 0.3) is 0 Å². The monoisotopic (exact) mass is 294 g/mol. The Bertz CT molecular complexity index is 474. The molecule has 1 aromatic rings. The number of rotatable bonds is 7. The molecule has 0 saturated heterocycles. The highest BCUT2D eigenvalue weighted by Crippen LogP contribution is 2.13. The van der Waals surface area contributed by atoms with E-state index in [0.717, 1.165) is 11.8 Å². The molecule has 0 fully saturated rings. The average molecular weight is 295 g/mol. The van der Waals surface area contributed by atoms with Gasteiger partial charge in [-0.1, -0.05) is 11.6 Å². The molecule has 0 radical (unpaired) electrons. The summed E-state index contributed by atoms with van der Waals surface area (Å²) in [6.07, 6.45) is 1.78. The molecular formula is C11H16ClFN2O2S. The molecule has 0 aromatic heterocycles. The second kappa shape index (κ2) is 7.04. The second-order valence-electron chi connectivity index (χ2n) is 3.97. The predicted octanol–water partition coefficient (Wildman–Crippen LogP) is 1.51. The lowest BCUT2D eigenvalue weighted by atomic mass is 10.2. The molecule has 0 atom stereocenters. The van der Waals surface area contributed by atoms with Crippen molar-refractivity contribution in [3.05, 3.63) is 34.6 Å². The van der Waals surface area contributed by atoms with Crippen LogP contribution in [0.15, 0.2) is 18.2 Å². The largest absolute Gasteiger partial charge is 0.313 e. The maximum absolute atomic E-state index is 13.0. The third-order valence-corrected chi connectivity index (χ3v) is 3.09. The molecule has 0 bridgehead atoms. The molecule has 0 aliphatic carbocycles. The molecule has 0 aliphatic rings. The van der Waals surface area contributed by atoms with Crippen molar-refractivity contribution in [1.82, 2.24) is 10.0 Å². The van der Waals surface area contributed by atoms with Crippen LogP contribution in [-0.2, 0) is 16.6 Å². The number of sulfonamides is 1. The highest BCUT2D eigenvalue weighted by Gasteiger charge is 2.00. The SMILES string of the molecule is CS(=O)(=O)NCCCNCc1cc(F)cc(Cl)c1. The van der Waals surface area contributed by atoms with Gasteiger partial charge in [0.1, 0.15) is 5.82 Å². The van der Waals surface area contributed by atoms with Gasteiger partial charge in [0.05, 0.1) is 6.26 Å². The van der Waals surface area contributed by atoms with Crippen molar-refractivity contribution in [2.24, 2.45) is 0 Å². The molecule has 2 N–H and O–H groups in total. The zero-order valence-corrected chi connectivity index (χ0v) is 11.6. The van der Waals surface area contributed by atoms with Gasteiger partial charge in [0.15, 0.2) is 0 Å². The van der Waals surface area contributed by atoms with Crippen molar-refractivity contribution in [3.8, 4) is 0 Å². The third kappa shape index (κ3) is 6.90. The van der Waals surface area contributed by atoms with Crippen LogP contribution in [0.4, 0.5) is 4.39 Å². The topological polar surface area (TPSA) is 58.2 Å². The van der Waals surface area contributed by atoms with Crippen LogP contribution >= 0.6 is 11.6 Å². The minimum Gasteiger partial charge on any atom is -0.313 e. The van der Waals surface area contributed by atoms with Gasteiger partial charge in [-0.25, -0.2) is 17.5 Å². The Morgan fingerprint density at radius 3 is 2.61 bits per heavy atom. The lowest BCUT2D eigenvalue weighted by Gasteiger charge is -2.06. The number of nitrogens with one attached hydrogen (secondary N) is 2.